The fraction of sp³-hybridized carbons (Fsp3) is 0.462. The van der Waals surface area contributed by atoms with Crippen molar-refractivity contribution in [3.05, 3.63) is 90.1 Å². The monoisotopic (exact) mass is 1080 g/mol. The van der Waals surface area contributed by atoms with Crippen LogP contribution >= 0.6 is 0 Å². The van der Waals surface area contributed by atoms with E-state index in [9.17, 15) is 47.9 Å². The second-order valence-electron chi connectivity index (χ2n) is 19.3. The normalized spacial score (nSPS) is 13.7. The Labute approximate surface area is 451 Å². The van der Waals surface area contributed by atoms with Crippen molar-refractivity contribution in [2.24, 2.45) is 33.8 Å². The molecule has 10 amide bonds. The molecule has 26 heteroatoms. The number of imidazole rings is 1. The third kappa shape index (κ3) is 21.4. The van der Waals surface area contributed by atoms with Crippen LogP contribution in [0.1, 0.15) is 89.5 Å². The number of amides is 10. The summed E-state index contributed by atoms with van der Waals surface area (Å²) in [7, 11) is 0. The number of carbonyl (C=O) groups is 10. The van der Waals surface area contributed by atoms with Gasteiger partial charge < -0.3 is 75.4 Å². The molecule has 2 aromatic heterocycles. The number of aromatic nitrogens is 3. The molecule has 0 aliphatic heterocycles. The summed E-state index contributed by atoms with van der Waals surface area (Å²) < 4.78 is 0. The summed E-state index contributed by atoms with van der Waals surface area (Å²) in [6, 6.07) is 6.33. The minimum atomic E-state index is -1.61. The average molecular weight is 1080 g/mol. The number of nitrogens with one attached hydrogen (secondary N) is 10. The van der Waals surface area contributed by atoms with Gasteiger partial charge in [0.25, 0.3) is 0 Å². The van der Waals surface area contributed by atoms with Gasteiger partial charge in [0.1, 0.15) is 42.3 Å². The zero-order valence-corrected chi connectivity index (χ0v) is 44.3. The van der Waals surface area contributed by atoms with Gasteiger partial charge in [-0.15, -0.1) is 0 Å². The molecular formula is C52H74N16O10. The molecule has 0 radical (unpaired) electrons. The molecule has 4 rings (SSSR count). The number of aliphatic imine (C=N–C) groups is 1. The lowest BCUT2D eigenvalue weighted by atomic mass is 10.0. The first-order valence-corrected chi connectivity index (χ1v) is 25.6. The van der Waals surface area contributed by atoms with Crippen LogP contribution in [0.15, 0.2) is 78.3 Å². The fourth-order valence-electron chi connectivity index (χ4n) is 8.40. The first-order chi connectivity index (χ1) is 37.1. The summed E-state index contributed by atoms with van der Waals surface area (Å²) >= 11 is 0. The van der Waals surface area contributed by atoms with Crippen molar-refractivity contribution < 1.29 is 47.9 Å². The van der Waals surface area contributed by atoms with Crippen LogP contribution in [0.3, 0.4) is 0 Å². The fourth-order valence-corrected chi connectivity index (χ4v) is 8.40. The molecule has 422 valence electrons. The van der Waals surface area contributed by atoms with Crippen LogP contribution in [0, 0.1) is 5.92 Å². The predicted molar refractivity (Wildman–Crippen MR) is 289 cm³/mol. The number of primary amides is 2. The number of para-hydroxylation sites is 1. The quantitative estimate of drug-likeness (QED) is 0.0141. The number of hydrogen-bond donors (Lipinski definition) is 14. The lowest BCUT2D eigenvalue weighted by molar-refractivity contribution is -0.136. The van der Waals surface area contributed by atoms with E-state index in [1.807, 2.05) is 32.0 Å². The number of unbranched alkanes of at least 4 members (excludes halogenated alkanes) is 1. The van der Waals surface area contributed by atoms with Gasteiger partial charge in [-0.1, -0.05) is 62.4 Å². The number of hydrogen-bond acceptors (Lipinski definition) is 12. The Hall–Kier alpha value is -8.84. The van der Waals surface area contributed by atoms with Crippen LogP contribution in [-0.4, -0.2) is 135 Å². The number of benzene rings is 2. The van der Waals surface area contributed by atoms with Crippen LogP contribution in [0.5, 0.6) is 0 Å². The Kier molecular flexibility index (Phi) is 24.7. The van der Waals surface area contributed by atoms with Crippen molar-refractivity contribution in [1.29, 1.82) is 0 Å². The second kappa shape index (κ2) is 31.3. The smallest absolute Gasteiger partial charge is 0.243 e. The molecule has 0 fully saturated rings. The van der Waals surface area contributed by atoms with Crippen molar-refractivity contribution in [3.63, 3.8) is 0 Å². The largest absolute Gasteiger partial charge is 0.370 e. The van der Waals surface area contributed by atoms with Gasteiger partial charge in [-0.05, 0) is 61.6 Å². The maximum atomic E-state index is 14.7. The molecule has 4 aromatic rings. The van der Waals surface area contributed by atoms with Gasteiger partial charge in [-0.25, -0.2) is 4.98 Å². The molecular weight excluding hydrogens is 1010 g/mol. The highest BCUT2D eigenvalue weighted by Crippen LogP contribution is 2.20. The van der Waals surface area contributed by atoms with E-state index in [0.717, 1.165) is 10.9 Å². The van der Waals surface area contributed by atoms with Crippen LogP contribution in [0.4, 0.5) is 0 Å². The number of carbonyl (C=O) groups excluding carboxylic acids is 10. The van der Waals surface area contributed by atoms with Gasteiger partial charge in [-0.2, -0.15) is 0 Å². The van der Waals surface area contributed by atoms with E-state index in [2.05, 4.69) is 62.5 Å². The van der Waals surface area contributed by atoms with E-state index in [4.69, 9.17) is 22.9 Å². The Bertz CT molecular complexity index is 2710. The topological polar surface area (TPSA) is 428 Å². The molecule has 7 atom stereocenters. The highest BCUT2D eigenvalue weighted by molar-refractivity contribution is 5.99. The summed E-state index contributed by atoms with van der Waals surface area (Å²) in [5.74, 6) is -7.95. The second-order valence-corrected chi connectivity index (χ2v) is 19.3. The number of H-pyrrole nitrogens is 2. The summed E-state index contributed by atoms with van der Waals surface area (Å²) in [5.41, 5.74) is 24.8. The van der Waals surface area contributed by atoms with E-state index < -0.39 is 102 Å². The first kappa shape index (κ1) is 61.7. The SMILES string of the molecule is CC(=O)NCCCC[C@H](NC(=O)[C@H](Cc1c[nH]c2ccccc12)NC(=O)[C@H](CCCN=C(N)N)NC(=O)[C@@H](Cc1ccccc1)NC(=O)[C@H](Cc1cnc[nH]1)NC(=O)[C@H](CC(N)=O)NC(=O)[C@H](CC(C)C)NC(C)=O)C(N)=O. The summed E-state index contributed by atoms with van der Waals surface area (Å²) in [6.07, 6.45) is 4.52. The molecule has 0 saturated carbocycles. The van der Waals surface area contributed by atoms with Crippen molar-refractivity contribution >= 4 is 75.9 Å². The number of guanidine groups is 1. The van der Waals surface area contributed by atoms with Gasteiger partial charge >= 0.3 is 0 Å². The zero-order chi connectivity index (χ0) is 57.3. The molecule has 0 bridgehead atoms. The molecule has 0 spiro atoms. The van der Waals surface area contributed by atoms with Crippen molar-refractivity contribution in [3.8, 4) is 0 Å². The third-order valence-corrected chi connectivity index (χ3v) is 12.2. The van der Waals surface area contributed by atoms with Crippen LogP contribution < -0.4 is 65.5 Å². The molecule has 18 N–H and O–H groups in total. The Morgan fingerprint density at radius 1 is 0.577 bits per heavy atom. The first-order valence-electron chi connectivity index (χ1n) is 25.6. The van der Waals surface area contributed by atoms with Crippen molar-refractivity contribution in [1.82, 2.24) is 57.5 Å². The van der Waals surface area contributed by atoms with Gasteiger partial charge in [0.05, 0.1) is 12.7 Å². The molecule has 0 aliphatic carbocycles. The van der Waals surface area contributed by atoms with Crippen molar-refractivity contribution in [2.75, 3.05) is 13.1 Å². The minimum Gasteiger partial charge on any atom is -0.370 e. The number of rotatable bonds is 33. The lowest BCUT2D eigenvalue weighted by Gasteiger charge is -2.28. The van der Waals surface area contributed by atoms with Gasteiger partial charge in [-0.3, -0.25) is 52.9 Å². The van der Waals surface area contributed by atoms with E-state index in [1.54, 1.807) is 42.6 Å². The molecule has 78 heavy (non-hydrogen) atoms. The molecule has 26 nitrogen and oxygen atoms in total. The molecule has 0 unspecified atom stereocenters. The third-order valence-electron chi connectivity index (χ3n) is 12.2. The van der Waals surface area contributed by atoms with Crippen LogP contribution in [-0.2, 0) is 67.2 Å². The standard InChI is InChI=1S/C52H74N16O10/c1-29(2)21-39(62-31(4)70)47(74)68-43(25-44(53)71)51(78)67-42(24-34-27-57-28-61-34)50(77)65-40(22-32-13-6-5-7-14-32)48(75)64-38(18-12-20-59-52(55)56)46(73)66-41(23-33-26-60-36-16-9-8-15-35(33)36)49(76)63-37(45(54)72)17-10-11-19-58-30(3)69/h5-9,13-16,26-29,37-43,60H,10-12,17-25H2,1-4H3,(H2,53,71)(H2,54,72)(H,57,61)(H,58,69)(H,62,70)(H,63,76)(H,64,75)(H,65,77)(H,66,73)(H,67,78)(H,68,74)(H4,55,56,59)/t37-,38-,39-,40+,41-,42-,43-/m0/s1. The Morgan fingerprint density at radius 3 is 1.72 bits per heavy atom. The molecule has 2 aromatic carbocycles. The highest BCUT2D eigenvalue weighted by Gasteiger charge is 2.35. The maximum Gasteiger partial charge on any atom is 0.243 e. The Balaban J connectivity index is 1.67. The van der Waals surface area contributed by atoms with Crippen LogP contribution in [0.2, 0.25) is 0 Å². The van der Waals surface area contributed by atoms with E-state index >= 15 is 0 Å². The highest BCUT2D eigenvalue weighted by atomic mass is 16.2. The zero-order valence-electron chi connectivity index (χ0n) is 44.3. The summed E-state index contributed by atoms with van der Waals surface area (Å²) in [6.45, 7) is 6.61. The number of aromatic amines is 2. The van der Waals surface area contributed by atoms with Gasteiger partial charge in [0.2, 0.25) is 59.1 Å². The van der Waals surface area contributed by atoms with E-state index in [1.165, 1.54) is 26.4 Å². The van der Waals surface area contributed by atoms with Gasteiger partial charge in [0, 0.05) is 75.2 Å². The lowest BCUT2D eigenvalue weighted by Crippen LogP contribution is -2.61. The average Bonchev–Trinajstić information content (AvgIpc) is 4.07. The number of nitrogens with two attached hydrogens (primary N) is 4. The molecule has 2 heterocycles. The summed E-state index contributed by atoms with van der Waals surface area (Å²) in [5, 5.41) is 21.9. The van der Waals surface area contributed by atoms with Crippen molar-refractivity contribution in [2.45, 2.75) is 134 Å². The summed E-state index contributed by atoms with van der Waals surface area (Å²) in [4.78, 5) is 148. The number of nitrogens with zero attached hydrogens (tertiary/aromatic N) is 2. The molecule has 0 saturated heterocycles. The molecule has 0 aliphatic rings. The minimum absolute atomic E-state index is 0.0332. The van der Waals surface area contributed by atoms with E-state index in [0.29, 0.717) is 36.2 Å². The maximum absolute atomic E-state index is 14.7. The van der Waals surface area contributed by atoms with Crippen LogP contribution in [0.25, 0.3) is 10.9 Å². The van der Waals surface area contributed by atoms with E-state index in [-0.39, 0.29) is 69.3 Å². The Morgan fingerprint density at radius 2 is 1.13 bits per heavy atom. The van der Waals surface area contributed by atoms with Gasteiger partial charge in [0.15, 0.2) is 5.96 Å². The number of fused-ring (bicyclic) bond motifs is 1. The predicted octanol–water partition coefficient (Wildman–Crippen LogP) is -1.90.